The number of anilines is 2. The van der Waals surface area contributed by atoms with Gasteiger partial charge < -0.3 is 20.1 Å². The van der Waals surface area contributed by atoms with Gasteiger partial charge in [-0.25, -0.2) is 19.9 Å². The number of carbonyl (C=O) groups is 2. The predicted molar refractivity (Wildman–Crippen MR) is 125 cm³/mol. The van der Waals surface area contributed by atoms with Crippen LogP contribution in [0.4, 0.5) is 11.4 Å². The standard InChI is InChI=1S/C24H20N6O4/c1-15(31)29-19-7-3-5-9-21(19)33-17-11-25-23(26-12-17)24-27-13-18(14-28-24)34-22-10-6-4-8-20(22)30-16(2)32/h3-14H,1-2H3,(H,29,31)(H,30,32). The lowest BCUT2D eigenvalue weighted by Crippen LogP contribution is -2.07. The molecular formula is C24H20N6O4. The van der Waals surface area contributed by atoms with Gasteiger partial charge in [0.05, 0.1) is 36.2 Å². The minimum atomic E-state index is -0.203. The average molecular weight is 456 g/mol. The Morgan fingerprint density at radius 2 is 0.971 bits per heavy atom. The van der Waals surface area contributed by atoms with Crippen molar-refractivity contribution >= 4 is 23.2 Å². The Labute approximate surface area is 195 Å². The number of aromatic nitrogens is 4. The van der Waals surface area contributed by atoms with E-state index in [1.165, 1.54) is 38.6 Å². The second-order valence-electron chi connectivity index (χ2n) is 7.04. The van der Waals surface area contributed by atoms with E-state index in [-0.39, 0.29) is 11.8 Å². The molecule has 2 aromatic carbocycles. The summed E-state index contributed by atoms with van der Waals surface area (Å²) in [6.45, 7) is 2.85. The van der Waals surface area contributed by atoms with Crippen LogP contribution < -0.4 is 20.1 Å². The first-order valence-electron chi connectivity index (χ1n) is 10.2. The summed E-state index contributed by atoms with van der Waals surface area (Å²) in [4.78, 5) is 39.8. The Balaban J connectivity index is 1.45. The van der Waals surface area contributed by atoms with Crippen LogP contribution in [0.5, 0.6) is 23.0 Å². The smallest absolute Gasteiger partial charge is 0.221 e. The molecule has 2 heterocycles. The lowest BCUT2D eigenvalue weighted by atomic mass is 10.3. The maximum atomic E-state index is 11.4. The summed E-state index contributed by atoms with van der Waals surface area (Å²) in [5.41, 5.74) is 1.08. The number of nitrogens with zero attached hydrogens (tertiary/aromatic N) is 4. The van der Waals surface area contributed by atoms with E-state index in [1.807, 2.05) is 0 Å². The van der Waals surface area contributed by atoms with E-state index in [2.05, 4.69) is 30.6 Å². The molecule has 2 aromatic heterocycles. The number of hydrogen-bond acceptors (Lipinski definition) is 8. The second-order valence-corrected chi connectivity index (χ2v) is 7.04. The van der Waals surface area contributed by atoms with Gasteiger partial charge in [0.25, 0.3) is 0 Å². The number of benzene rings is 2. The predicted octanol–water partition coefficient (Wildman–Crippen LogP) is 4.44. The van der Waals surface area contributed by atoms with Gasteiger partial charge in [-0.15, -0.1) is 0 Å². The van der Waals surface area contributed by atoms with Crippen molar-refractivity contribution in [3.05, 3.63) is 73.3 Å². The highest BCUT2D eigenvalue weighted by Gasteiger charge is 2.11. The second kappa shape index (κ2) is 10.2. The first-order chi connectivity index (χ1) is 16.5. The molecule has 34 heavy (non-hydrogen) atoms. The average Bonchev–Trinajstić information content (AvgIpc) is 2.82. The van der Waals surface area contributed by atoms with Crippen molar-refractivity contribution in [1.29, 1.82) is 0 Å². The Morgan fingerprint density at radius 1 is 0.618 bits per heavy atom. The largest absolute Gasteiger partial charge is 0.452 e. The SMILES string of the molecule is CC(=O)Nc1ccccc1Oc1cnc(-c2ncc(Oc3ccccc3NC(C)=O)cn2)nc1. The van der Waals surface area contributed by atoms with Crippen molar-refractivity contribution in [2.75, 3.05) is 10.6 Å². The third kappa shape index (κ3) is 5.68. The highest BCUT2D eigenvalue weighted by molar-refractivity contribution is 5.91. The van der Waals surface area contributed by atoms with Crippen molar-refractivity contribution in [2.24, 2.45) is 0 Å². The summed E-state index contributed by atoms with van der Waals surface area (Å²) < 4.78 is 11.6. The molecule has 0 saturated heterocycles. The summed E-state index contributed by atoms with van der Waals surface area (Å²) >= 11 is 0. The van der Waals surface area contributed by atoms with Gasteiger partial charge >= 0.3 is 0 Å². The van der Waals surface area contributed by atoms with Gasteiger partial charge in [0.15, 0.2) is 34.6 Å². The third-order valence-electron chi connectivity index (χ3n) is 4.31. The van der Waals surface area contributed by atoms with E-state index < -0.39 is 0 Å². The van der Waals surface area contributed by atoms with E-state index in [9.17, 15) is 9.59 Å². The van der Waals surface area contributed by atoms with Gasteiger partial charge in [-0.3, -0.25) is 9.59 Å². The molecule has 0 unspecified atom stereocenters. The molecule has 170 valence electrons. The summed E-state index contributed by atoms with van der Waals surface area (Å²) in [5, 5.41) is 5.42. The highest BCUT2D eigenvalue weighted by atomic mass is 16.5. The van der Waals surface area contributed by atoms with Crippen molar-refractivity contribution in [3.8, 4) is 34.6 Å². The van der Waals surface area contributed by atoms with Gasteiger partial charge in [-0.05, 0) is 24.3 Å². The number of rotatable bonds is 7. The van der Waals surface area contributed by atoms with Gasteiger partial charge in [0.1, 0.15) is 0 Å². The van der Waals surface area contributed by atoms with Gasteiger partial charge in [0, 0.05) is 13.8 Å². The van der Waals surface area contributed by atoms with E-state index in [0.29, 0.717) is 46.0 Å². The quantitative estimate of drug-likeness (QED) is 0.418. The first-order valence-corrected chi connectivity index (χ1v) is 10.2. The Kier molecular flexibility index (Phi) is 6.68. The van der Waals surface area contributed by atoms with Gasteiger partial charge in [-0.2, -0.15) is 0 Å². The zero-order chi connectivity index (χ0) is 23.9. The Hall–Kier alpha value is -4.86. The number of ether oxygens (including phenoxy) is 2. The zero-order valence-corrected chi connectivity index (χ0v) is 18.4. The minimum absolute atomic E-state index is 0.203. The van der Waals surface area contributed by atoms with Crippen LogP contribution in [-0.4, -0.2) is 31.8 Å². The van der Waals surface area contributed by atoms with Gasteiger partial charge in [0.2, 0.25) is 11.8 Å². The molecule has 0 atom stereocenters. The van der Waals surface area contributed by atoms with Crippen molar-refractivity contribution < 1.29 is 19.1 Å². The van der Waals surface area contributed by atoms with Crippen LogP contribution >= 0.6 is 0 Å². The molecule has 0 aliphatic rings. The van der Waals surface area contributed by atoms with E-state index >= 15 is 0 Å². The number of carbonyl (C=O) groups excluding carboxylic acids is 2. The first kappa shape index (κ1) is 22.3. The molecule has 2 N–H and O–H groups in total. The summed E-state index contributed by atoms with van der Waals surface area (Å²) in [7, 11) is 0. The number of amides is 2. The van der Waals surface area contributed by atoms with Crippen LogP contribution in [0.2, 0.25) is 0 Å². The number of hydrogen-bond donors (Lipinski definition) is 2. The fraction of sp³-hybridized carbons (Fsp3) is 0.0833. The molecule has 4 rings (SSSR count). The lowest BCUT2D eigenvalue weighted by molar-refractivity contribution is -0.115. The Bertz CT molecular complexity index is 1210. The van der Waals surface area contributed by atoms with Crippen LogP contribution in [0.1, 0.15) is 13.8 Å². The van der Waals surface area contributed by atoms with Crippen LogP contribution in [0, 0.1) is 0 Å². The van der Waals surface area contributed by atoms with Crippen LogP contribution in [-0.2, 0) is 9.59 Å². The fourth-order valence-electron chi connectivity index (χ4n) is 2.92. The maximum Gasteiger partial charge on any atom is 0.221 e. The molecule has 0 aliphatic carbocycles. The van der Waals surface area contributed by atoms with Crippen LogP contribution in [0.15, 0.2) is 73.3 Å². The molecule has 4 aromatic rings. The van der Waals surface area contributed by atoms with E-state index in [1.54, 1.807) is 48.5 Å². The maximum absolute atomic E-state index is 11.4. The van der Waals surface area contributed by atoms with E-state index in [4.69, 9.17) is 9.47 Å². The number of nitrogens with one attached hydrogen (secondary N) is 2. The molecule has 10 nitrogen and oxygen atoms in total. The van der Waals surface area contributed by atoms with Crippen molar-refractivity contribution in [3.63, 3.8) is 0 Å². The molecule has 0 radical (unpaired) electrons. The van der Waals surface area contributed by atoms with Crippen molar-refractivity contribution in [2.45, 2.75) is 13.8 Å². The Morgan fingerprint density at radius 3 is 1.32 bits per heavy atom. The molecule has 0 spiro atoms. The summed E-state index contributed by atoms with van der Waals surface area (Å²) in [6, 6.07) is 14.1. The minimum Gasteiger partial charge on any atom is -0.452 e. The third-order valence-corrected chi connectivity index (χ3v) is 4.31. The molecule has 0 fully saturated rings. The molecule has 2 amide bonds. The monoisotopic (exact) mass is 456 g/mol. The summed E-state index contributed by atoms with van der Waals surface area (Å²) in [6.07, 6.45) is 5.96. The molecule has 0 saturated carbocycles. The fourth-order valence-corrected chi connectivity index (χ4v) is 2.92. The zero-order valence-electron chi connectivity index (χ0n) is 18.4. The van der Waals surface area contributed by atoms with E-state index in [0.717, 1.165) is 0 Å². The molecule has 0 aliphatic heterocycles. The van der Waals surface area contributed by atoms with Crippen LogP contribution in [0.3, 0.4) is 0 Å². The topological polar surface area (TPSA) is 128 Å². The molecule has 10 heteroatoms. The van der Waals surface area contributed by atoms with Gasteiger partial charge in [-0.1, -0.05) is 24.3 Å². The van der Waals surface area contributed by atoms with Crippen LogP contribution in [0.25, 0.3) is 11.6 Å². The molecule has 0 bridgehead atoms. The number of para-hydroxylation sites is 4. The lowest BCUT2D eigenvalue weighted by Gasteiger charge is -2.11. The normalized spacial score (nSPS) is 10.3. The molecular weight excluding hydrogens is 436 g/mol. The summed E-state index contributed by atoms with van der Waals surface area (Å²) in [5.74, 6) is 1.89. The highest BCUT2D eigenvalue weighted by Crippen LogP contribution is 2.30. The van der Waals surface area contributed by atoms with Crippen molar-refractivity contribution in [1.82, 2.24) is 19.9 Å².